The second-order valence-corrected chi connectivity index (χ2v) is 7.87. The van der Waals surface area contributed by atoms with E-state index in [0.29, 0.717) is 26.1 Å². The lowest BCUT2D eigenvalue weighted by molar-refractivity contribution is -0.141. The first-order valence-electron chi connectivity index (χ1n) is 8.93. The van der Waals surface area contributed by atoms with Crippen LogP contribution in [0.15, 0.2) is 0 Å². The minimum atomic E-state index is -0.875. The van der Waals surface area contributed by atoms with Crippen molar-refractivity contribution >= 4 is 17.9 Å². The van der Waals surface area contributed by atoms with E-state index < -0.39 is 41.7 Å². The first kappa shape index (κ1) is 20.4. The summed E-state index contributed by atoms with van der Waals surface area (Å²) in [6.45, 7) is 6.20. The molecule has 0 radical (unpaired) electrons. The van der Waals surface area contributed by atoms with Gasteiger partial charge in [-0.25, -0.2) is 4.79 Å². The minimum Gasteiger partial charge on any atom is -0.444 e. The smallest absolute Gasteiger partial charge is 0.408 e. The Morgan fingerprint density at radius 1 is 1.27 bits per heavy atom. The van der Waals surface area contributed by atoms with Crippen LogP contribution < -0.4 is 11.1 Å². The molecule has 9 nitrogen and oxygen atoms in total. The van der Waals surface area contributed by atoms with Gasteiger partial charge in [0.05, 0.1) is 6.10 Å². The molecule has 0 aromatic carbocycles. The Labute approximate surface area is 153 Å². The van der Waals surface area contributed by atoms with E-state index in [2.05, 4.69) is 5.32 Å². The molecular weight excluding hydrogens is 342 g/mol. The lowest BCUT2D eigenvalue weighted by Gasteiger charge is -2.34. The quantitative estimate of drug-likeness (QED) is 0.625. The highest BCUT2D eigenvalue weighted by atomic mass is 16.6. The first-order valence-corrected chi connectivity index (χ1v) is 8.93. The molecule has 3 atom stereocenters. The summed E-state index contributed by atoms with van der Waals surface area (Å²) < 4.78 is 10.6. The van der Waals surface area contributed by atoms with E-state index in [1.807, 2.05) is 0 Å². The van der Waals surface area contributed by atoms with Gasteiger partial charge >= 0.3 is 6.09 Å². The van der Waals surface area contributed by atoms with Crippen LogP contribution in [-0.4, -0.2) is 71.5 Å². The van der Waals surface area contributed by atoms with Crippen molar-refractivity contribution in [1.29, 1.82) is 0 Å². The number of hydrogen-bond donors (Lipinski definition) is 3. The molecule has 2 fully saturated rings. The number of β-amino-alcohol motifs (C(OH)–C–C–N with tert-alkyl or cyclic N) is 1. The Bertz CT molecular complexity index is 541. The maximum absolute atomic E-state index is 13.1. The van der Waals surface area contributed by atoms with E-state index in [-0.39, 0.29) is 18.9 Å². The summed E-state index contributed by atoms with van der Waals surface area (Å²) in [5.41, 5.74) is 4.67. The highest BCUT2D eigenvalue weighted by Gasteiger charge is 2.43. The molecule has 0 aromatic rings. The van der Waals surface area contributed by atoms with Crippen LogP contribution in [0.25, 0.3) is 0 Å². The number of aliphatic hydroxyl groups is 1. The van der Waals surface area contributed by atoms with Crippen LogP contribution in [0.2, 0.25) is 0 Å². The van der Waals surface area contributed by atoms with E-state index in [0.717, 1.165) is 0 Å². The van der Waals surface area contributed by atoms with E-state index in [4.69, 9.17) is 15.2 Å². The first-order chi connectivity index (χ1) is 12.1. The Morgan fingerprint density at radius 3 is 2.42 bits per heavy atom. The van der Waals surface area contributed by atoms with Crippen molar-refractivity contribution in [3.8, 4) is 0 Å². The van der Waals surface area contributed by atoms with Gasteiger partial charge in [-0.05, 0) is 39.5 Å². The number of nitrogens with one attached hydrogen (secondary N) is 1. The van der Waals surface area contributed by atoms with Crippen molar-refractivity contribution in [2.45, 2.75) is 63.8 Å². The molecule has 4 N–H and O–H groups in total. The number of primary amides is 1. The summed E-state index contributed by atoms with van der Waals surface area (Å²) in [5.74, 6) is -1.24. The Balaban J connectivity index is 2.17. The van der Waals surface area contributed by atoms with Crippen LogP contribution in [-0.2, 0) is 19.1 Å². The number of aliphatic hydroxyl groups excluding tert-OH is 1. The van der Waals surface area contributed by atoms with Crippen molar-refractivity contribution in [3.63, 3.8) is 0 Å². The maximum atomic E-state index is 13.1. The van der Waals surface area contributed by atoms with E-state index in [9.17, 15) is 19.5 Å². The van der Waals surface area contributed by atoms with E-state index in [1.54, 1.807) is 20.8 Å². The highest BCUT2D eigenvalue weighted by molar-refractivity contribution is 5.91. The molecule has 2 aliphatic heterocycles. The molecule has 0 bridgehead atoms. The largest absolute Gasteiger partial charge is 0.444 e. The van der Waals surface area contributed by atoms with Crippen LogP contribution >= 0.6 is 0 Å². The van der Waals surface area contributed by atoms with Gasteiger partial charge < -0.3 is 30.5 Å². The fraction of sp³-hybridized carbons (Fsp3) is 0.824. The van der Waals surface area contributed by atoms with Crippen LogP contribution in [0.3, 0.4) is 0 Å². The van der Waals surface area contributed by atoms with Crippen molar-refractivity contribution in [2.24, 2.45) is 11.7 Å². The topological polar surface area (TPSA) is 131 Å². The summed E-state index contributed by atoms with van der Waals surface area (Å²) in [6, 6.07) is -1.74. The normalized spacial score (nSPS) is 25.6. The molecule has 0 spiro atoms. The third kappa shape index (κ3) is 5.31. The molecule has 0 aromatic heterocycles. The predicted molar refractivity (Wildman–Crippen MR) is 92.0 cm³/mol. The molecule has 2 heterocycles. The minimum absolute atomic E-state index is 0.0160. The van der Waals surface area contributed by atoms with Crippen LogP contribution in [0.1, 0.15) is 40.0 Å². The number of carbonyl (C=O) groups excluding carboxylic acids is 3. The summed E-state index contributed by atoms with van der Waals surface area (Å²) in [4.78, 5) is 38.3. The predicted octanol–water partition coefficient (Wildman–Crippen LogP) is -0.247. The molecule has 2 rings (SSSR count). The molecule has 9 heteroatoms. The van der Waals surface area contributed by atoms with Gasteiger partial charge in [0, 0.05) is 26.2 Å². The third-order valence-corrected chi connectivity index (χ3v) is 4.57. The second kappa shape index (κ2) is 8.22. The molecular formula is C17H29N3O6. The molecule has 0 saturated carbocycles. The van der Waals surface area contributed by atoms with Crippen molar-refractivity contribution in [2.75, 3.05) is 19.8 Å². The van der Waals surface area contributed by atoms with Gasteiger partial charge in [-0.1, -0.05) is 0 Å². The Kier molecular flexibility index (Phi) is 6.46. The number of ether oxygens (including phenoxy) is 2. The number of amides is 3. The Morgan fingerprint density at radius 2 is 1.88 bits per heavy atom. The maximum Gasteiger partial charge on any atom is 0.408 e. The van der Waals surface area contributed by atoms with Gasteiger partial charge in [-0.15, -0.1) is 0 Å². The van der Waals surface area contributed by atoms with Gasteiger partial charge in [0.15, 0.2) is 0 Å². The molecule has 26 heavy (non-hydrogen) atoms. The summed E-state index contributed by atoms with van der Waals surface area (Å²) >= 11 is 0. The van der Waals surface area contributed by atoms with Gasteiger partial charge in [-0.2, -0.15) is 0 Å². The zero-order chi connectivity index (χ0) is 19.5. The lowest BCUT2D eigenvalue weighted by Crippen LogP contribution is -2.56. The highest BCUT2D eigenvalue weighted by Crippen LogP contribution is 2.25. The summed E-state index contributed by atoms with van der Waals surface area (Å²) in [5, 5.41) is 12.5. The van der Waals surface area contributed by atoms with Gasteiger partial charge in [-0.3, -0.25) is 9.59 Å². The fourth-order valence-corrected chi connectivity index (χ4v) is 3.37. The number of hydrogen-bond acceptors (Lipinski definition) is 6. The average molecular weight is 371 g/mol. The van der Waals surface area contributed by atoms with E-state index >= 15 is 0 Å². The van der Waals surface area contributed by atoms with Gasteiger partial charge in [0.25, 0.3) is 0 Å². The van der Waals surface area contributed by atoms with E-state index in [1.165, 1.54) is 4.90 Å². The fourth-order valence-electron chi connectivity index (χ4n) is 3.37. The zero-order valence-corrected chi connectivity index (χ0v) is 15.6. The monoisotopic (exact) mass is 371 g/mol. The van der Waals surface area contributed by atoms with Crippen LogP contribution in [0.4, 0.5) is 4.79 Å². The van der Waals surface area contributed by atoms with Crippen molar-refractivity contribution in [1.82, 2.24) is 10.2 Å². The number of alkyl carbamates (subject to hydrolysis) is 1. The second-order valence-electron chi connectivity index (χ2n) is 7.87. The van der Waals surface area contributed by atoms with Crippen LogP contribution in [0, 0.1) is 5.92 Å². The van der Waals surface area contributed by atoms with Gasteiger partial charge in [0.2, 0.25) is 11.8 Å². The number of nitrogens with zero attached hydrogens (tertiary/aromatic N) is 1. The average Bonchev–Trinajstić information content (AvgIpc) is 2.93. The molecule has 3 amide bonds. The molecule has 2 aliphatic rings. The SMILES string of the molecule is CC(C)(C)OC(=O)N[C@H](C(=O)N1C[C@@H](O)C[C@H]1C(N)=O)C1CCOCC1. The van der Waals surface area contributed by atoms with Crippen molar-refractivity contribution < 1.29 is 29.0 Å². The Hall–Kier alpha value is -1.87. The summed E-state index contributed by atoms with van der Waals surface area (Å²) in [7, 11) is 0. The number of nitrogens with two attached hydrogens (primary N) is 1. The third-order valence-electron chi connectivity index (χ3n) is 4.57. The molecule has 0 unspecified atom stereocenters. The lowest BCUT2D eigenvalue weighted by atomic mass is 9.90. The molecule has 2 saturated heterocycles. The van der Waals surface area contributed by atoms with Crippen LogP contribution in [0.5, 0.6) is 0 Å². The van der Waals surface area contributed by atoms with Gasteiger partial charge in [0.1, 0.15) is 17.7 Å². The number of likely N-dealkylation sites (tertiary alicyclic amines) is 1. The standard InChI is InChI=1S/C17H29N3O6/c1-17(2,3)26-16(24)19-13(10-4-6-25-7-5-10)15(23)20-9-11(21)8-12(20)14(18)22/h10-13,21H,4-9H2,1-3H3,(H2,18,22)(H,19,24)/t11-,12-,13-/m0/s1. The van der Waals surface area contributed by atoms with Crippen molar-refractivity contribution in [3.05, 3.63) is 0 Å². The molecule has 0 aliphatic carbocycles. The number of carbonyl (C=O) groups is 3. The zero-order valence-electron chi connectivity index (χ0n) is 15.6. The molecule has 148 valence electrons. The number of rotatable bonds is 4. The summed E-state index contributed by atoms with van der Waals surface area (Å²) in [6.07, 6.45) is -0.201.